The number of ether oxygens (including phenoxy) is 1. The number of amides is 1. The quantitative estimate of drug-likeness (QED) is 0.826. The molecule has 0 heterocycles. The van der Waals surface area contributed by atoms with Gasteiger partial charge in [0.25, 0.3) is 5.91 Å². The van der Waals surface area contributed by atoms with E-state index in [-0.39, 0.29) is 11.9 Å². The fraction of sp³-hybridized carbons (Fsp3) is 0.471. The summed E-state index contributed by atoms with van der Waals surface area (Å²) >= 11 is 0. The van der Waals surface area contributed by atoms with Crippen LogP contribution in [0.15, 0.2) is 18.2 Å². The standard InChI is InChI=1S/C17H22N2O2/c1-3-21-16-10-15(11-16)19-17(20)14-7-6-13(5-4-8-18)12(2)9-14/h6-7,9,15-16H,3,8,10-11,18H2,1-2H3,(H,19,20). The molecule has 0 bridgehead atoms. The van der Waals surface area contributed by atoms with E-state index in [4.69, 9.17) is 10.5 Å². The average Bonchev–Trinajstić information content (AvgIpc) is 2.43. The predicted octanol–water partition coefficient (Wildman–Crippen LogP) is 1.60. The number of aryl methyl sites for hydroxylation is 1. The van der Waals surface area contributed by atoms with E-state index in [1.54, 1.807) is 0 Å². The van der Waals surface area contributed by atoms with E-state index in [1.807, 2.05) is 32.0 Å². The van der Waals surface area contributed by atoms with Crippen LogP contribution in [0.1, 0.15) is 41.3 Å². The lowest BCUT2D eigenvalue weighted by Crippen LogP contribution is -2.47. The molecule has 1 fully saturated rings. The zero-order chi connectivity index (χ0) is 15.2. The van der Waals surface area contributed by atoms with Crippen molar-refractivity contribution in [3.05, 3.63) is 34.9 Å². The number of benzene rings is 1. The van der Waals surface area contributed by atoms with E-state index in [0.29, 0.717) is 18.2 Å². The lowest BCUT2D eigenvalue weighted by atomic mass is 9.89. The minimum Gasteiger partial charge on any atom is -0.378 e. The molecule has 4 heteroatoms. The van der Waals surface area contributed by atoms with Gasteiger partial charge in [0.05, 0.1) is 12.6 Å². The molecule has 0 spiro atoms. The van der Waals surface area contributed by atoms with Crippen molar-refractivity contribution in [2.75, 3.05) is 13.2 Å². The van der Waals surface area contributed by atoms with Gasteiger partial charge in [-0.15, -0.1) is 0 Å². The highest BCUT2D eigenvalue weighted by Gasteiger charge is 2.30. The Morgan fingerprint density at radius 3 is 2.86 bits per heavy atom. The molecule has 0 aliphatic heterocycles. The first-order chi connectivity index (χ1) is 10.1. The van der Waals surface area contributed by atoms with Crippen molar-refractivity contribution in [1.29, 1.82) is 0 Å². The van der Waals surface area contributed by atoms with Crippen LogP contribution >= 0.6 is 0 Å². The van der Waals surface area contributed by atoms with Crippen molar-refractivity contribution in [2.45, 2.75) is 38.8 Å². The van der Waals surface area contributed by atoms with Crippen molar-refractivity contribution in [1.82, 2.24) is 5.32 Å². The van der Waals surface area contributed by atoms with Crippen LogP contribution in [0.4, 0.5) is 0 Å². The van der Waals surface area contributed by atoms with Gasteiger partial charge in [0.15, 0.2) is 0 Å². The lowest BCUT2D eigenvalue weighted by molar-refractivity contribution is -0.00862. The summed E-state index contributed by atoms with van der Waals surface area (Å²) < 4.78 is 5.49. The van der Waals surface area contributed by atoms with Crippen LogP contribution in [-0.2, 0) is 4.74 Å². The van der Waals surface area contributed by atoms with Crippen molar-refractivity contribution in [3.8, 4) is 11.8 Å². The van der Waals surface area contributed by atoms with Crippen LogP contribution in [0.2, 0.25) is 0 Å². The smallest absolute Gasteiger partial charge is 0.251 e. The molecule has 0 atom stereocenters. The van der Waals surface area contributed by atoms with Crippen molar-refractivity contribution >= 4 is 5.91 Å². The third-order valence-corrected chi connectivity index (χ3v) is 3.65. The normalized spacial score (nSPS) is 20.1. The number of carbonyl (C=O) groups excluding carboxylic acids is 1. The number of nitrogens with one attached hydrogen (secondary N) is 1. The molecule has 0 saturated heterocycles. The van der Waals surface area contributed by atoms with Crippen LogP contribution < -0.4 is 11.1 Å². The Kier molecular flexibility index (Phi) is 5.38. The molecule has 112 valence electrons. The van der Waals surface area contributed by atoms with Gasteiger partial charge in [-0.25, -0.2) is 0 Å². The van der Waals surface area contributed by atoms with Gasteiger partial charge in [-0.3, -0.25) is 4.79 Å². The van der Waals surface area contributed by atoms with E-state index in [2.05, 4.69) is 17.2 Å². The van der Waals surface area contributed by atoms with Gasteiger partial charge >= 0.3 is 0 Å². The number of hydrogen-bond donors (Lipinski definition) is 2. The molecule has 1 aromatic carbocycles. The minimum absolute atomic E-state index is 0.0311. The molecule has 1 aliphatic rings. The summed E-state index contributed by atoms with van der Waals surface area (Å²) in [5, 5.41) is 3.04. The number of hydrogen-bond acceptors (Lipinski definition) is 3. The third kappa shape index (κ3) is 4.07. The van der Waals surface area contributed by atoms with Gasteiger partial charge in [-0.05, 0) is 50.5 Å². The van der Waals surface area contributed by atoms with Gasteiger partial charge in [0.1, 0.15) is 0 Å². The predicted molar refractivity (Wildman–Crippen MR) is 83.0 cm³/mol. The highest BCUT2D eigenvalue weighted by Crippen LogP contribution is 2.23. The van der Waals surface area contributed by atoms with Crippen molar-refractivity contribution in [2.24, 2.45) is 5.73 Å². The summed E-state index contributed by atoms with van der Waals surface area (Å²) in [5.41, 5.74) is 7.94. The zero-order valence-electron chi connectivity index (χ0n) is 12.6. The molecule has 0 radical (unpaired) electrons. The summed E-state index contributed by atoms with van der Waals surface area (Å²) in [7, 11) is 0. The van der Waals surface area contributed by atoms with E-state index in [1.165, 1.54) is 0 Å². The molecule has 1 aliphatic carbocycles. The second kappa shape index (κ2) is 7.26. The molecule has 0 aromatic heterocycles. The number of carbonyl (C=O) groups is 1. The second-order valence-electron chi connectivity index (χ2n) is 5.25. The monoisotopic (exact) mass is 286 g/mol. The van der Waals surface area contributed by atoms with Crippen LogP contribution in [0, 0.1) is 18.8 Å². The van der Waals surface area contributed by atoms with E-state index in [9.17, 15) is 4.79 Å². The molecule has 1 amide bonds. The first-order valence-corrected chi connectivity index (χ1v) is 7.36. The van der Waals surface area contributed by atoms with Gasteiger partial charge in [0, 0.05) is 23.8 Å². The topological polar surface area (TPSA) is 64.3 Å². The maximum absolute atomic E-state index is 12.2. The molecule has 4 nitrogen and oxygen atoms in total. The first kappa shape index (κ1) is 15.6. The van der Waals surface area contributed by atoms with Crippen LogP contribution in [0.25, 0.3) is 0 Å². The van der Waals surface area contributed by atoms with Crippen molar-refractivity contribution < 1.29 is 9.53 Å². The average molecular weight is 286 g/mol. The second-order valence-corrected chi connectivity index (χ2v) is 5.25. The Balaban J connectivity index is 1.93. The zero-order valence-corrected chi connectivity index (χ0v) is 12.6. The summed E-state index contributed by atoms with van der Waals surface area (Å²) in [5.74, 6) is 5.79. The van der Waals surface area contributed by atoms with E-state index < -0.39 is 0 Å². The van der Waals surface area contributed by atoms with Gasteiger partial charge in [-0.1, -0.05) is 11.8 Å². The fourth-order valence-electron chi connectivity index (χ4n) is 2.42. The number of rotatable bonds is 4. The molecule has 1 saturated carbocycles. The Labute approximate surface area is 126 Å². The summed E-state index contributed by atoms with van der Waals surface area (Å²) in [4.78, 5) is 12.2. The molecule has 2 rings (SSSR count). The fourth-order valence-corrected chi connectivity index (χ4v) is 2.42. The molecule has 1 aromatic rings. The SMILES string of the molecule is CCOC1CC(NC(=O)c2ccc(C#CCN)c(C)c2)C1. The minimum atomic E-state index is -0.0311. The molecular formula is C17H22N2O2. The van der Waals surface area contributed by atoms with Crippen LogP contribution in [0.5, 0.6) is 0 Å². The Bertz CT molecular complexity index is 566. The first-order valence-electron chi connectivity index (χ1n) is 7.36. The maximum atomic E-state index is 12.2. The van der Waals surface area contributed by atoms with Crippen LogP contribution in [0.3, 0.4) is 0 Å². The molecule has 0 unspecified atom stereocenters. The highest BCUT2D eigenvalue weighted by molar-refractivity contribution is 5.94. The van der Waals surface area contributed by atoms with Gasteiger partial charge < -0.3 is 15.8 Å². The van der Waals surface area contributed by atoms with Gasteiger partial charge in [-0.2, -0.15) is 0 Å². The largest absolute Gasteiger partial charge is 0.378 e. The summed E-state index contributed by atoms with van der Waals surface area (Å²) in [6.45, 7) is 5.01. The van der Waals surface area contributed by atoms with E-state index >= 15 is 0 Å². The summed E-state index contributed by atoms with van der Waals surface area (Å²) in [6, 6.07) is 5.78. The Morgan fingerprint density at radius 2 is 2.24 bits per heavy atom. The van der Waals surface area contributed by atoms with Gasteiger partial charge in [0.2, 0.25) is 0 Å². The summed E-state index contributed by atoms with van der Waals surface area (Å²) in [6.07, 6.45) is 2.10. The molecule has 21 heavy (non-hydrogen) atoms. The number of nitrogens with two attached hydrogens (primary N) is 1. The third-order valence-electron chi connectivity index (χ3n) is 3.65. The molecule has 3 N–H and O–H groups in total. The van der Waals surface area contributed by atoms with Crippen LogP contribution in [-0.4, -0.2) is 31.2 Å². The Morgan fingerprint density at radius 1 is 1.48 bits per heavy atom. The Hall–Kier alpha value is -1.83. The van der Waals surface area contributed by atoms with E-state index in [0.717, 1.165) is 30.6 Å². The van der Waals surface area contributed by atoms with Crippen molar-refractivity contribution in [3.63, 3.8) is 0 Å². The highest BCUT2D eigenvalue weighted by atomic mass is 16.5. The lowest BCUT2D eigenvalue weighted by Gasteiger charge is -2.35. The molecular weight excluding hydrogens is 264 g/mol. The maximum Gasteiger partial charge on any atom is 0.251 e.